The molecule has 17 heavy (non-hydrogen) atoms. The molecule has 0 amide bonds. The number of aromatic amines is 1. The van der Waals surface area contributed by atoms with Crippen molar-refractivity contribution in [2.24, 2.45) is 0 Å². The summed E-state index contributed by atoms with van der Waals surface area (Å²) < 4.78 is 5.20. The number of fused-ring (bicyclic) bond motifs is 1. The Hall–Kier alpha value is -1.97. The maximum atomic E-state index is 5.20. The predicted octanol–water partition coefficient (Wildman–Crippen LogP) is 3.44. The largest absolute Gasteiger partial charge is 0.495 e. The Kier molecular flexibility index (Phi) is 7.26. The Morgan fingerprint density at radius 3 is 2.47 bits per heavy atom. The third-order valence-corrected chi connectivity index (χ3v) is 2.03. The zero-order valence-electron chi connectivity index (χ0n) is 11.0. The molecule has 0 aliphatic carbocycles. The van der Waals surface area contributed by atoms with Crippen molar-refractivity contribution in [2.45, 2.75) is 13.8 Å². The van der Waals surface area contributed by atoms with E-state index in [1.54, 1.807) is 13.3 Å². The first-order valence-electron chi connectivity index (χ1n) is 5.54. The summed E-state index contributed by atoms with van der Waals surface area (Å²) in [6.07, 6.45) is 1.79. The van der Waals surface area contributed by atoms with Crippen LogP contribution in [-0.2, 0) is 0 Å². The van der Waals surface area contributed by atoms with Crippen molar-refractivity contribution < 1.29 is 4.74 Å². The first kappa shape index (κ1) is 15.0. The SMILES string of the molecule is C=C.CC.CNc1cc2cn[nH]c2cc1OC. The molecule has 2 rings (SSSR count). The summed E-state index contributed by atoms with van der Waals surface area (Å²) in [4.78, 5) is 0. The fraction of sp³-hybridized carbons (Fsp3) is 0.308. The second-order valence-corrected chi connectivity index (χ2v) is 2.76. The topological polar surface area (TPSA) is 49.9 Å². The van der Waals surface area contributed by atoms with Gasteiger partial charge >= 0.3 is 0 Å². The van der Waals surface area contributed by atoms with Crippen molar-refractivity contribution in [2.75, 3.05) is 19.5 Å². The Morgan fingerprint density at radius 1 is 1.29 bits per heavy atom. The maximum absolute atomic E-state index is 5.20. The van der Waals surface area contributed by atoms with E-state index in [-0.39, 0.29) is 0 Å². The van der Waals surface area contributed by atoms with Crippen LogP contribution in [0, 0.1) is 0 Å². The lowest BCUT2D eigenvalue weighted by atomic mass is 10.2. The number of hydrogen-bond donors (Lipinski definition) is 2. The summed E-state index contributed by atoms with van der Waals surface area (Å²) in [5, 5.41) is 11.0. The number of aromatic nitrogens is 2. The van der Waals surface area contributed by atoms with Crippen LogP contribution < -0.4 is 10.1 Å². The molecule has 0 radical (unpaired) electrons. The van der Waals surface area contributed by atoms with E-state index < -0.39 is 0 Å². The molecule has 0 fully saturated rings. The van der Waals surface area contributed by atoms with Gasteiger partial charge in [-0.2, -0.15) is 5.10 Å². The van der Waals surface area contributed by atoms with Crippen LogP contribution in [0.3, 0.4) is 0 Å². The fourth-order valence-corrected chi connectivity index (χ4v) is 1.34. The molecular weight excluding hydrogens is 214 g/mol. The average molecular weight is 235 g/mol. The minimum atomic E-state index is 0.819. The molecule has 94 valence electrons. The number of nitrogens with one attached hydrogen (secondary N) is 2. The predicted molar refractivity (Wildman–Crippen MR) is 74.8 cm³/mol. The van der Waals surface area contributed by atoms with Gasteiger partial charge in [-0.05, 0) is 6.07 Å². The van der Waals surface area contributed by atoms with Crippen molar-refractivity contribution in [3.63, 3.8) is 0 Å². The molecule has 0 aliphatic rings. The lowest BCUT2D eigenvalue weighted by Crippen LogP contribution is -1.93. The van der Waals surface area contributed by atoms with Crippen LogP contribution in [0.25, 0.3) is 10.9 Å². The standard InChI is InChI=1S/C9H11N3O.C2H6.C2H4/c1-10-8-3-6-5-11-12-7(6)4-9(8)13-2;2*1-2/h3-5,10H,1-2H3,(H,11,12);1-2H3;1-2H2. The highest BCUT2D eigenvalue weighted by atomic mass is 16.5. The minimum absolute atomic E-state index is 0.819. The first-order valence-corrected chi connectivity index (χ1v) is 5.54. The molecule has 2 N–H and O–H groups in total. The number of methoxy groups -OCH3 is 1. The zero-order chi connectivity index (χ0) is 13.3. The quantitative estimate of drug-likeness (QED) is 0.784. The number of anilines is 1. The molecule has 1 heterocycles. The summed E-state index contributed by atoms with van der Waals surface area (Å²) in [5.74, 6) is 0.819. The summed E-state index contributed by atoms with van der Waals surface area (Å²) in [6, 6.07) is 3.92. The average Bonchev–Trinajstić information content (AvgIpc) is 2.88. The van der Waals surface area contributed by atoms with Gasteiger partial charge < -0.3 is 10.1 Å². The van der Waals surface area contributed by atoms with Crippen LogP contribution in [-0.4, -0.2) is 24.4 Å². The number of benzene rings is 1. The van der Waals surface area contributed by atoms with Gasteiger partial charge in [0.1, 0.15) is 5.75 Å². The zero-order valence-corrected chi connectivity index (χ0v) is 11.0. The van der Waals surface area contributed by atoms with Crippen molar-refractivity contribution >= 4 is 16.6 Å². The second kappa shape index (κ2) is 8.21. The smallest absolute Gasteiger partial charge is 0.144 e. The molecular formula is C13H21N3O. The van der Waals surface area contributed by atoms with Gasteiger partial charge in [0.15, 0.2) is 0 Å². The number of ether oxygens (including phenoxy) is 1. The Bertz CT molecular complexity index is 399. The molecule has 0 aliphatic heterocycles. The fourth-order valence-electron chi connectivity index (χ4n) is 1.34. The highest BCUT2D eigenvalue weighted by Crippen LogP contribution is 2.28. The Morgan fingerprint density at radius 2 is 1.94 bits per heavy atom. The van der Waals surface area contributed by atoms with E-state index in [4.69, 9.17) is 4.74 Å². The van der Waals surface area contributed by atoms with Crippen LogP contribution in [0.1, 0.15) is 13.8 Å². The first-order chi connectivity index (χ1) is 8.35. The second-order valence-electron chi connectivity index (χ2n) is 2.76. The van der Waals surface area contributed by atoms with E-state index in [1.165, 1.54) is 0 Å². The third-order valence-electron chi connectivity index (χ3n) is 2.03. The van der Waals surface area contributed by atoms with Gasteiger partial charge in [-0.15, -0.1) is 13.2 Å². The summed E-state index contributed by atoms with van der Waals surface area (Å²) in [6.45, 7) is 10.0. The molecule has 1 aromatic heterocycles. The van der Waals surface area contributed by atoms with Gasteiger partial charge in [-0.3, -0.25) is 5.10 Å². The lowest BCUT2D eigenvalue weighted by Gasteiger charge is -2.07. The summed E-state index contributed by atoms with van der Waals surface area (Å²) in [5.41, 5.74) is 1.95. The van der Waals surface area contributed by atoms with Gasteiger partial charge in [-0.1, -0.05) is 13.8 Å². The lowest BCUT2D eigenvalue weighted by molar-refractivity contribution is 0.417. The third kappa shape index (κ3) is 3.52. The van der Waals surface area contributed by atoms with Crippen LogP contribution in [0.4, 0.5) is 5.69 Å². The van der Waals surface area contributed by atoms with E-state index in [9.17, 15) is 0 Å². The molecule has 4 heteroatoms. The van der Waals surface area contributed by atoms with E-state index in [2.05, 4.69) is 28.7 Å². The molecule has 4 nitrogen and oxygen atoms in total. The highest BCUT2D eigenvalue weighted by molar-refractivity contribution is 5.85. The molecule has 0 unspecified atom stereocenters. The molecule has 0 spiro atoms. The molecule has 0 saturated heterocycles. The van der Waals surface area contributed by atoms with E-state index in [0.29, 0.717) is 0 Å². The number of rotatable bonds is 2. The van der Waals surface area contributed by atoms with Crippen LogP contribution in [0.5, 0.6) is 5.75 Å². The molecule has 0 saturated carbocycles. The van der Waals surface area contributed by atoms with Crippen LogP contribution in [0.2, 0.25) is 0 Å². The normalized spacial score (nSPS) is 8.47. The van der Waals surface area contributed by atoms with Crippen LogP contribution >= 0.6 is 0 Å². The Labute approximate surface area is 103 Å². The van der Waals surface area contributed by atoms with Crippen molar-refractivity contribution in [1.82, 2.24) is 10.2 Å². The highest BCUT2D eigenvalue weighted by Gasteiger charge is 2.04. The molecule has 1 aromatic carbocycles. The summed E-state index contributed by atoms with van der Waals surface area (Å²) >= 11 is 0. The number of H-pyrrole nitrogens is 1. The van der Waals surface area contributed by atoms with E-state index in [1.807, 2.05) is 33.0 Å². The van der Waals surface area contributed by atoms with Gasteiger partial charge in [-0.25, -0.2) is 0 Å². The number of hydrogen-bond acceptors (Lipinski definition) is 3. The van der Waals surface area contributed by atoms with Gasteiger partial charge in [0.2, 0.25) is 0 Å². The van der Waals surface area contributed by atoms with Gasteiger partial charge in [0.05, 0.1) is 24.5 Å². The van der Waals surface area contributed by atoms with Crippen LogP contribution in [0.15, 0.2) is 31.5 Å². The van der Waals surface area contributed by atoms with E-state index >= 15 is 0 Å². The van der Waals surface area contributed by atoms with Crippen molar-refractivity contribution in [3.8, 4) is 5.75 Å². The monoisotopic (exact) mass is 235 g/mol. The Balaban J connectivity index is 0.000000581. The number of nitrogens with zero attached hydrogens (tertiary/aromatic N) is 1. The summed E-state index contributed by atoms with van der Waals surface area (Å²) in [7, 11) is 3.52. The van der Waals surface area contributed by atoms with Crippen molar-refractivity contribution in [3.05, 3.63) is 31.5 Å². The molecule has 2 aromatic rings. The van der Waals surface area contributed by atoms with Gasteiger partial charge in [0, 0.05) is 18.5 Å². The molecule has 0 bridgehead atoms. The van der Waals surface area contributed by atoms with Gasteiger partial charge in [0.25, 0.3) is 0 Å². The molecule has 0 atom stereocenters. The maximum Gasteiger partial charge on any atom is 0.144 e. The minimum Gasteiger partial charge on any atom is -0.495 e. The van der Waals surface area contributed by atoms with E-state index in [0.717, 1.165) is 22.3 Å². The van der Waals surface area contributed by atoms with Crippen molar-refractivity contribution in [1.29, 1.82) is 0 Å².